The summed E-state index contributed by atoms with van der Waals surface area (Å²) in [6, 6.07) is 7.79. The highest BCUT2D eigenvalue weighted by Crippen LogP contribution is 2.11. The third-order valence-electron chi connectivity index (χ3n) is 2.24. The van der Waals surface area contributed by atoms with E-state index in [0.717, 1.165) is 24.9 Å². The smallest absolute Gasteiger partial charge is 0.224 e. The minimum absolute atomic E-state index is 0.0817. The molecule has 0 unspecified atom stereocenters. The molecule has 16 heavy (non-hydrogen) atoms. The number of nitrogens with two attached hydrogens (primary N) is 1. The van der Waals surface area contributed by atoms with Gasteiger partial charge in [0.1, 0.15) is 0 Å². The SMILES string of the molecule is NCCCCCC(=O)Nc1ccc(I)cc1. The summed E-state index contributed by atoms with van der Waals surface area (Å²) in [7, 11) is 0. The fourth-order valence-corrected chi connectivity index (χ4v) is 1.72. The molecule has 0 fully saturated rings. The number of rotatable bonds is 6. The predicted molar refractivity (Wildman–Crippen MR) is 75.3 cm³/mol. The zero-order valence-electron chi connectivity index (χ0n) is 9.21. The van der Waals surface area contributed by atoms with Gasteiger partial charge in [0, 0.05) is 15.7 Å². The van der Waals surface area contributed by atoms with Crippen LogP contribution in [0.3, 0.4) is 0 Å². The summed E-state index contributed by atoms with van der Waals surface area (Å²) in [6.45, 7) is 0.707. The van der Waals surface area contributed by atoms with E-state index in [4.69, 9.17) is 5.73 Å². The van der Waals surface area contributed by atoms with Gasteiger partial charge in [-0.2, -0.15) is 0 Å². The van der Waals surface area contributed by atoms with Crippen molar-refractivity contribution in [2.24, 2.45) is 5.73 Å². The molecule has 0 spiro atoms. The van der Waals surface area contributed by atoms with Crippen molar-refractivity contribution in [2.45, 2.75) is 25.7 Å². The van der Waals surface area contributed by atoms with Gasteiger partial charge < -0.3 is 11.1 Å². The molecule has 1 amide bonds. The van der Waals surface area contributed by atoms with Crippen molar-refractivity contribution in [3.05, 3.63) is 27.8 Å². The monoisotopic (exact) mass is 332 g/mol. The number of benzene rings is 1. The van der Waals surface area contributed by atoms with E-state index >= 15 is 0 Å². The average Bonchev–Trinajstić information content (AvgIpc) is 2.28. The van der Waals surface area contributed by atoms with E-state index in [1.54, 1.807) is 0 Å². The second kappa shape index (κ2) is 7.62. The molecule has 0 heterocycles. The highest BCUT2D eigenvalue weighted by molar-refractivity contribution is 14.1. The summed E-state index contributed by atoms with van der Waals surface area (Å²) >= 11 is 2.24. The maximum absolute atomic E-state index is 11.5. The van der Waals surface area contributed by atoms with Crippen LogP contribution in [0.2, 0.25) is 0 Å². The molecular weight excluding hydrogens is 315 g/mol. The second-order valence-corrected chi connectivity index (χ2v) is 4.90. The summed E-state index contributed by atoms with van der Waals surface area (Å²) in [6.07, 6.45) is 3.51. The molecule has 0 aliphatic carbocycles. The van der Waals surface area contributed by atoms with Crippen molar-refractivity contribution < 1.29 is 4.79 Å². The lowest BCUT2D eigenvalue weighted by molar-refractivity contribution is -0.116. The number of anilines is 1. The minimum atomic E-state index is 0.0817. The number of carbonyl (C=O) groups is 1. The van der Waals surface area contributed by atoms with Crippen molar-refractivity contribution >= 4 is 34.2 Å². The number of halogens is 1. The molecular formula is C12H17IN2O. The minimum Gasteiger partial charge on any atom is -0.330 e. The standard InChI is InChI=1S/C12H17IN2O/c13-10-5-7-11(8-6-10)15-12(16)4-2-1-3-9-14/h5-8H,1-4,9,14H2,(H,15,16). The number of hydrogen-bond donors (Lipinski definition) is 2. The third-order valence-corrected chi connectivity index (χ3v) is 2.96. The Kier molecular flexibility index (Phi) is 6.40. The van der Waals surface area contributed by atoms with Gasteiger partial charge in [-0.15, -0.1) is 0 Å². The van der Waals surface area contributed by atoms with Gasteiger partial charge in [0.25, 0.3) is 0 Å². The van der Waals surface area contributed by atoms with Crippen LogP contribution in [-0.4, -0.2) is 12.5 Å². The Morgan fingerprint density at radius 1 is 1.19 bits per heavy atom. The van der Waals surface area contributed by atoms with Crippen molar-refractivity contribution in [3.63, 3.8) is 0 Å². The van der Waals surface area contributed by atoms with Gasteiger partial charge in [0.2, 0.25) is 5.91 Å². The predicted octanol–water partition coefficient (Wildman–Crippen LogP) is 2.75. The van der Waals surface area contributed by atoms with E-state index in [2.05, 4.69) is 27.9 Å². The van der Waals surface area contributed by atoms with Crippen LogP contribution in [0.1, 0.15) is 25.7 Å². The lowest BCUT2D eigenvalue weighted by atomic mass is 10.2. The van der Waals surface area contributed by atoms with Crippen molar-refractivity contribution in [3.8, 4) is 0 Å². The van der Waals surface area contributed by atoms with E-state index in [-0.39, 0.29) is 5.91 Å². The molecule has 1 aromatic rings. The summed E-state index contributed by atoms with van der Waals surface area (Å²) in [5, 5.41) is 2.87. The lowest BCUT2D eigenvalue weighted by Gasteiger charge is -2.04. The van der Waals surface area contributed by atoms with E-state index in [1.165, 1.54) is 3.57 Å². The Morgan fingerprint density at radius 2 is 1.88 bits per heavy atom. The molecule has 1 rings (SSSR count). The quantitative estimate of drug-likeness (QED) is 0.622. The molecule has 0 bridgehead atoms. The number of amides is 1. The summed E-state index contributed by atoms with van der Waals surface area (Å²) in [5.74, 6) is 0.0817. The molecule has 0 aliphatic heterocycles. The molecule has 0 aromatic heterocycles. The number of hydrogen-bond acceptors (Lipinski definition) is 2. The molecule has 3 nitrogen and oxygen atoms in total. The normalized spacial score (nSPS) is 10.1. The Balaban J connectivity index is 2.26. The number of unbranched alkanes of at least 4 members (excludes halogenated alkanes) is 2. The number of carbonyl (C=O) groups excluding carboxylic acids is 1. The zero-order chi connectivity index (χ0) is 11.8. The molecule has 88 valence electrons. The molecule has 0 radical (unpaired) electrons. The van der Waals surface area contributed by atoms with Gasteiger partial charge in [-0.3, -0.25) is 4.79 Å². The fraction of sp³-hybridized carbons (Fsp3) is 0.417. The average molecular weight is 332 g/mol. The highest BCUT2D eigenvalue weighted by Gasteiger charge is 2.01. The van der Waals surface area contributed by atoms with Crippen LogP contribution >= 0.6 is 22.6 Å². The summed E-state index contributed by atoms with van der Waals surface area (Å²) in [5.41, 5.74) is 6.25. The van der Waals surface area contributed by atoms with Crippen LogP contribution in [0.5, 0.6) is 0 Å². The van der Waals surface area contributed by atoms with Gasteiger partial charge in [-0.1, -0.05) is 6.42 Å². The Morgan fingerprint density at radius 3 is 2.50 bits per heavy atom. The van der Waals surface area contributed by atoms with Gasteiger partial charge in [-0.05, 0) is 66.2 Å². The maximum atomic E-state index is 11.5. The molecule has 0 atom stereocenters. The first-order chi connectivity index (χ1) is 7.72. The van der Waals surface area contributed by atoms with E-state index in [9.17, 15) is 4.79 Å². The topological polar surface area (TPSA) is 55.1 Å². The Labute approximate surface area is 110 Å². The van der Waals surface area contributed by atoms with Crippen LogP contribution < -0.4 is 11.1 Å². The first-order valence-electron chi connectivity index (χ1n) is 5.48. The largest absolute Gasteiger partial charge is 0.330 e. The first-order valence-corrected chi connectivity index (χ1v) is 6.56. The molecule has 4 heteroatoms. The third kappa shape index (κ3) is 5.46. The van der Waals surface area contributed by atoms with Crippen LogP contribution in [0.4, 0.5) is 5.69 Å². The maximum Gasteiger partial charge on any atom is 0.224 e. The van der Waals surface area contributed by atoms with Crippen LogP contribution in [0, 0.1) is 3.57 Å². The second-order valence-electron chi connectivity index (χ2n) is 3.65. The van der Waals surface area contributed by atoms with Crippen LogP contribution in [-0.2, 0) is 4.79 Å². The van der Waals surface area contributed by atoms with Crippen molar-refractivity contribution in [1.29, 1.82) is 0 Å². The molecule has 1 aromatic carbocycles. The molecule has 3 N–H and O–H groups in total. The van der Waals surface area contributed by atoms with Gasteiger partial charge in [-0.25, -0.2) is 0 Å². The van der Waals surface area contributed by atoms with E-state index in [1.807, 2.05) is 24.3 Å². The van der Waals surface area contributed by atoms with Crippen LogP contribution in [0.15, 0.2) is 24.3 Å². The summed E-state index contributed by atoms with van der Waals surface area (Å²) in [4.78, 5) is 11.5. The molecule has 0 saturated heterocycles. The Hall–Kier alpha value is -0.620. The van der Waals surface area contributed by atoms with Crippen molar-refractivity contribution in [1.82, 2.24) is 0 Å². The van der Waals surface area contributed by atoms with Gasteiger partial charge in [0.15, 0.2) is 0 Å². The first kappa shape index (κ1) is 13.4. The number of nitrogens with one attached hydrogen (secondary N) is 1. The zero-order valence-corrected chi connectivity index (χ0v) is 11.4. The highest BCUT2D eigenvalue weighted by atomic mass is 127. The molecule has 0 aliphatic rings. The lowest BCUT2D eigenvalue weighted by Crippen LogP contribution is -2.11. The van der Waals surface area contributed by atoms with E-state index < -0.39 is 0 Å². The van der Waals surface area contributed by atoms with Gasteiger partial charge in [0.05, 0.1) is 0 Å². The Bertz CT molecular complexity index is 324. The summed E-state index contributed by atoms with van der Waals surface area (Å²) < 4.78 is 1.17. The molecule has 0 saturated carbocycles. The fourth-order valence-electron chi connectivity index (χ4n) is 1.36. The van der Waals surface area contributed by atoms with Crippen LogP contribution in [0.25, 0.3) is 0 Å². The van der Waals surface area contributed by atoms with E-state index in [0.29, 0.717) is 13.0 Å². The van der Waals surface area contributed by atoms with Gasteiger partial charge >= 0.3 is 0 Å². The van der Waals surface area contributed by atoms with Crippen molar-refractivity contribution in [2.75, 3.05) is 11.9 Å².